The van der Waals surface area contributed by atoms with Crippen molar-refractivity contribution in [1.29, 1.82) is 0 Å². The third-order valence-electron chi connectivity index (χ3n) is 9.50. The highest BCUT2D eigenvalue weighted by Gasteiger charge is 2.21. The molecule has 2 heteroatoms. The van der Waals surface area contributed by atoms with E-state index in [1.54, 1.807) is 18.2 Å². The summed E-state index contributed by atoms with van der Waals surface area (Å²) < 4.78 is 243. The van der Waals surface area contributed by atoms with E-state index in [1.165, 1.54) is 6.07 Å². The average molecular weight is 766 g/mol. The van der Waals surface area contributed by atoms with E-state index < -0.39 is 229 Å². The Bertz CT molecular complexity index is 4700. The number of rotatable bonds is 7. The van der Waals surface area contributed by atoms with E-state index >= 15 is 0 Å². The van der Waals surface area contributed by atoms with Crippen molar-refractivity contribution in [1.82, 2.24) is 0 Å². The van der Waals surface area contributed by atoms with E-state index in [1.807, 2.05) is 42.5 Å². The molecule has 11 aromatic rings. The van der Waals surface area contributed by atoms with E-state index in [2.05, 4.69) is 0 Å². The monoisotopic (exact) mass is 765 g/mol. The van der Waals surface area contributed by atoms with E-state index in [0.717, 1.165) is 16.3 Å². The molecule has 0 radical (unpaired) electrons. The minimum Gasteiger partial charge on any atom is -0.455 e. The van der Waals surface area contributed by atoms with Gasteiger partial charge in [0, 0.05) is 22.1 Å². The molecule has 0 bridgehead atoms. The lowest BCUT2D eigenvalue weighted by Gasteiger charge is -2.26. The van der Waals surface area contributed by atoms with Gasteiger partial charge in [-0.15, -0.1) is 0 Å². The molecule has 0 amide bonds. The molecule has 11 rings (SSSR count). The molecular weight excluding hydrogens is 703 g/mol. The Hall–Kier alpha value is -7.68. The highest BCUT2D eigenvalue weighted by molar-refractivity contribution is 6.19. The number of furan rings is 1. The molecule has 0 unspecified atom stereocenters. The van der Waals surface area contributed by atoms with E-state index in [9.17, 15) is 13.7 Å². The van der Waals surface area contributed by atoms with Gasteiger partial charge in [-0.2, -0.15) is 0 Å². The first kappa shape index (κ1) is 16.4. The number of hydrogen-bond donors (Lipinski definition) is 0. The van der Waals surface area contributed by atoms with Crippen LogP contribution in [0.15, 0.2) is 228 Å². The predicted octanol–water partition coefficient (Wildman–Crippen LogP) is 16.0. The van der Waals surface area contributed by atoms with E-state index in [0.29, 0.717) is 10.5 Å². The number of anilines is 3. The molecule has 0 saturated carbocycles. The first-order valence-corrected chi connectivity index (χ1v) is 17.7. The molecule has 2 nitrogen and oxygen atoms in total. The van der Waals surface area contributed by atoms with Crippen molar-refractivity contribution in [3.63, 3.8) is 0 Å². The van der Waals surface area contributed by atoms with Crippen LogP contribution >= 0.6 is 0 Å². The minimum atomic E-state index is -1.19. The van der Waals surface area contributed by atoms with Gasteiger partial charge in [0.15, 0.2) is 0 Å². The zero-order valence-electron chi connectivity index (χ0n) is 55.7. The van der Waals surface area contributed by atoms with Crippen LogP contribution in [0.25, 0.3) is 88.0 Å². The second-order valence-corrected chi connectivity index (χ2v) is 12.9. The van der Waals surface area contributed by atoms with Gasteiger partial charge in [-0.3, -0.25) is 0 Å². The summed E-state index contributed by atoms with van der Waals surface area (Å²) in [5.74, 6) is 0. The summed E-state index contributed by atoms with van der Waals surface area (Å²) in [4.78, 5) is 0.572. The standard InChI is InChI=1S/C56H37NO/c1-2-11-38(12-3-1)39-23-25-40(26-24-39)41-27-32-47(33-28-41)57(53-21-10-22-54-55(53)52-36-31-44-14-5-7-19-51(44)56(52)58-54)48-34-29-42(30-35-48)45-16-8-17-46(37-45)50-20-9-15-43-13-4-6-18-49(43)50/h1-37H/i1D,2D,3D,5D,7D,10D,11D,12D,14D,19D,21D,22D,23D,24D,25D,26D,27D,28D,29D,30D,31D,32D,33D,34D,35D,36D. The Morgan fingerprint density at radius 2 is 0.983 bits per heavy atom. The van der Waals surface area contributed by atoms with Crippen LogP contribution in [0.4, 0.5) is 17.1 Å². The molecule has 0 fully saturated rings. The van der Waals surface area contributed by atoms with E-state index in [4.69, 9.17) is 26.3 Å². The van der Waals surface area contributed by atoms with Crippen LogP contribution in [0.5, 0.6) is 0 Å². The number of nitrogens with zero attached hydrogens (tertiary/aromatic N) is 1. The Kier molecular flexibility index (Phi) is 4.00. The zero-order chi connectivity index (χ0) is 61.0. The van der Waals surface area contributed by atoms with Gasteiger partial charge >= 0.3 is 0 Å². The Labute approximate surface area is 374 Å². The summed E-state index contributed by atoms with van der Waals surface area (Å²) in [7, 11) is 0. The van der Waals surface area contributed by atoms with Crippen molar-refractivity contribution in [3.05, 3.63) is 224 Å². The van der Waals surface area contributed by atoms with Crippen LogP contribution in [0.2, 0.25) is 0 Å². The third-order valence-corrected chi connectivity index (χ3v) is 9.50. The summed E-state index contributed by atoms with van der Waals surface area (Å²) in [5, 5.41) is -0.382. The van der Waals surface area contributed by atoms with Gasteiger partial charge in [0.1, 0.15) is 11.2 Å². The molecule has 58 heavy (non-hydrogen) atoms. The number of hydrogen-bond acceptors (Lipinski definition) is 2. The van der Waals surface area contributed by atoms with Gasteiger partial charge in [0.05, 0.1) is 46.7 Å². The lowest BCUT2D eigenvalue weighted by molar-refractivity contribution is 0.672. The lowest BCUT2D eigenvalue weighted by atomic mass is 9.95. The van der Waals surface area contributed by atoms with Crippen LogP contribution in [0.3, 0.4) is 0 Å². The maximum atomic E-state index is 9.83. The highest BCUT2D eigenvalue weighted by atomic mass is 16.3. The molecule has 1 heterocycles. The largest absolute Gasteiger partial charge is 0.455 e. The summed E-state index contributed by atoms with van der Waals surface area (Å²) in [5.41, 5.74) is -6.03. The first-order chi connectivity index (χ1) is 39.6. The van der Waals surface area contributed by atoms with Crippen LogP contribution in [0, 0.1) is 0 Å². The fourth-order valence-corrected chi connectivity index (χ4v) is 6.82. The van der Waals surface area contributed by atoms with E-state index in [-0.39, 0.29) is 11.1 Å². The summed E-state index contributed by atoms with van der Waals surface area (Å²) in [6.45, 7) is 0. The van der Waals surface area contributed by atoms with Gasteiger partial charge in [0.2, 0.25) is 0 Å². The molecule has 0 aliphatic carbocycles. The molecule has 10 aromatic carbocycles. The maximum Gasteiger partial charge on any atom is 0.143 e. The average Bonchev–Trinajstić information content (AvgIpc) is 1.41. The maximum absolute atomic E-state index is 9.83. The van der Waals surface area contributed by atoms with Gasteiger partial charge in [0.25, 0.3) is 0 Å². The summed E-state index contributed by atoms with van der Waals surface area (Å²) in [6, 6.07) is -4.45. The van der Waals surface area contributed by atoms with Gasteiger partial charge in [-0.25, -0.2) is 0 Å². The summed E-state index contributed by atoms with van der Waals surface area (Å²) in [6.07, 6.45) is 0. The van der Waals surface area contributed by atoms with Crippen LogP contribution < -0.4 is 4.90 Å². The van der Waals surface area contributed by atoms with Crippen molar-refractivity contribution in [2.45, 2.75) is 0 Å². The lowest BCUT2D eigenvalue weighted by Crippen LogP contribution is -2.10. The molecule has 0 aliphatic rings. The Morgan fingerprint density at radius 1 is 0.379 bits per heavy atom. The Morgan fingerprint density at radius 3 is 1.74 bits per heavy atom. The topological polar surface area (TPSA) is 16.4 Å². The van der Waals surface area contributed by atoms with Gasteiger partial charge < -0.3 is 9.32 Å². The zero-order valence-corrected chi connectivity index (χ0v) is 29.7. The predicted molar refractivity (Wildman–Crippen MR) is 245 cm³/mol. The normalized spacial score (nSPS) is 17.7. The SMILES string of the molecule is [2H]c1c([2H])c([2H])c(-c2c([2H])c([2H])c(-c3c([2H])c([2H])c(N(c4c([2H])c([2H])c(-c5cccc(-c6cccc7ccccc67)c5)c([2H])c4[2H])c4c([2H])c([2H])c([2H])c5oc6c7c([2H])c([2H])c([2H])c([2H])c7c([2H])c([2H])c6c45)c([2H])c3[2H])c([2H])c2[2H])c([2H])c1[2H]. The number of benzene rings is 10. The first-order valence-electron chi connectivity index (χ1n) is 30.7. The summed E-state index contributed by atoms with van der Waals surface area (Å²) >= 11 is 0. The van der Waals surface area contributed by atoms with Crippen molar-refractivity contribution < 1.29 is 40.1 Å². The highest BCUT2D eigenvalue weighted by Crippen LogP contribution is 2.45. The smallest absolute Gasteiger partial charge is 0.143 e. The second kappa shape index (κ2) is 14.1. The molecule has 272 valence electrons. The molecule has 0 atom stereocenters. The van der Waals surface area contributed by atoms with Crippen LogP contribution in [-0.4, -0.2) is 0 Å². The second-order valence-electron chi connectivity index (χ2n) is 12.9. The number of fused-ring (bicyclic) bond motifs is 6. The Balaban J connectivity index is 1.26. The molecule has 0 N–H and O–H groups in total. The van der Waals surface area contributed by atoms with Crippen molar-refractivity contribution in [2.75, 3.05) is 4.90 Å². The van der Waals surface area contributed by atoms with Crippen LogP contribution in [-0.2, 0) is 0 Å². The molecular formula is C56H37NO. The molecule has 1 aromatic heterocycles. The third kappa shape index (κ3) is 5.91. The minimum absolute atomic E-state index is 0.177. The van der Waals surface area contributed by atoms with Crippen molar-refractivity contribution in [3.8, 4) is 44.5 Å². The molecule has 0 aliphatic heterocycles. The molecule has 0 saturated heterocycles. The molecule has 0 spiro atoms. The van der Waals surface area contributed by atoms with Gasteiger partial charge in [-0.05, 0) is 109 Å². The fourth-order valence-electron chi connectivity index (χ4n) is 6.82. The van der Waals surface area contributed by atoms with Crippen LogP contribution in [0.1, 0.15) is 35.6 Å². The van der Waals surface area contributed by atoms with Crippen molar-refractivity contribution in [2.24, 2.45) is 0 Å². The van der Waals surface area contributed by atoms with Gasteiger partial charge in [-0.1, -0.05) is 175 Å². The van der Waals surface area contributed by atoms with Crippen molar-refractivity contribution >= 4 is 60.5 Å². The fraction of sp³-hybridized carbons (Fsp3) is 0. The quantitative estimate of drug-likeness (QED) is 0.161.